The zero-order valence-corrected chi connectivity index (χ0v) is 21.4. The zero-order chi connectivity index (χ0) is 24.6. The third-order valence-electron chi connectivity index (χ3n) is 7.02. The van der Waals surface area contributed by atoms with Crippen molar-refractivity contribution in [2.75, 3.05) is 0 Å². The highest BCUT2D eigenvalue weighted by Crippen LogP contribution is 2.37. The Labute approximate surface area is 208 Å². The Morgan fingerprint density at radius 1 is 0.886 bits per heavy atom. The summed E-state index contributed by atoms with van der Waals surface area (Å²) >= 11 is 0. The smallest absolute Gasteiger partial charge is 0.258 e. The predicted octanol–water partition coefficient (Wildman–Crippen LogP) is 8.25. The van der Waals surface area contributed by atoms with E-state index in [0.717, 1.165) is 24.0 Å². The van der Waals surface area contributed by atoms with Crippen LogP contribution in [0.4, 0.5) is 0 Å². The van der Waals surface area contributed by atoms with Crippen molar-refractivity contribution in [2.24, 2.45) is 5.92 Å². The maximum Gasteiger partial charge on any atom is 0.258 e. The van der Waals surface area contributed by atoms with Crippen LogP contribution in [0.1, 0.15) is 68.4 Å². The van der Waals surface area contributed by atoms with Crippen LogP contribution in [0, 0.1) is 5.92 Å². The molecule has 0 N–H and O–H groups in total. The van der Waals surface area contributed by atoms with Crippen LogP contribution in [0.5, 0.6) is 0 Å². The minimum Gasteiger partial charge on any atom is -0.334 e. The maximum absolute atomic E-state index is 5.72. The van der Waals surface area contributed by atoms with Gasteiger partial charge in [0.1, 0.15) is 0 Å². The Hall–Kier alpha value is -3.46. The van der Waals surface area contributed by atoms with Crippen LogP contribution in [0.25, 0.3) is 28.9 Å². The van der Waals surface area contributed by atoms with E-state index in [9.17, 15) is 0 Å². The third kappa shape index (κ3) is 4.86. The molecule has 3 aromatic carbocycles. The summed E-state index contributed by atoms with van der Waals surface area (Å²) in [6, 6.07) is 23.8. The highest BCUT2D eigenvalue weighted by Gasteiger charge is 2.23. The summed E-state index contributed by atoms with van der Waals surface area (Å²) < 4.78 is 5.72. The summed E-state index contributed by atoms with van der Waals surface area (Å²) in [6.45, 7) is 11.3. The standard InChI is InChI=1S/C32H34N2O/c1-21(2)27-17-15-24-19-26(16-18-28(24)27)31-33-30(34-35-31)25-14-13-23(29(20-25)32(3,4)5)12-11-22-9-7-6-8-10-22/h6-10,13-21,27H,11-12H2,1-5H3. The number of benzene rings is 3. The van der Waals surface area contributed by atoms with E-state index in [1.54, 1.807) is 0 Å². The fourth-order valence-electron chi connectivity index (χ4n) is 5.06. The summed E-state index contributed by atoms with van der Waals surface area (Å²) in [5, 5.41) is 4.34. The van der Waals surface area contributed by atoms with E-state index < -0.39 is 0 Å². The Balaban J connectivity index is 1.41. The average Bonchev–Trinajstić information content (AvgIpc) is 3.50. The number of hydrogen-bond donors (Lipinski definition) is 0. The van der Waals surface area contributed by atoms with Crippen molar-refractivity contribution in [3.63, 3.8) is 0 Å². The molecule has 0 radical (unpaired) electrons. The normalized spacial score (nSPS) is 15.1. The van der Waals surface area contributed by atoms with Gasteiger partial charge in [0.05, 0.1) is 0 Å². The molecule has 1 aliphatic rings. The quantitative estimate of drug-likeness (QED) is 0.289. The molecule has 0 amide bonds. The average molecular weight is 463 g/mol. The lowest BCUT2D eigenvalue weighted by Gasteiger charge is -2.24. The van der Waals surface area contributed by atoms with Gasteiger partial charge in [-0.2, -0.15) is 4.98 Å². The number of aromatic nitrogens is 2. The van der Waals surface area contributed by atoms with Gasteiger partial charge in [-0.05, 0) is 70.2 Å². The molecule has 0 aliphatic heterocycles. The van der Waals surface area contributed by atoms with Crippen molar-refractivity contribution in [3.05, 3.63) is 101 Å². The van der Waals surface area contributed by atoms with Crippen LogP contribution in [0.15, 0.2) is 77.3 Å². The monoisotopic (exact) mass is 462 g/mol. The first kappa shape index (κ1) is 23.3. The minimum atomic E-state index is 0.0217. The van der Waals surface area contributed by atoms with Gasteiger partial charge in [-0.25, -0.2) is 0 Å². The molecule has 178 valence electrons. The molecule has 0 fully saturated rings. The van der Waals surface area contributed by atoms with Gasteiger partial charge in [0, 0.05) is 17.0 Å². The van der Waals surface area contributed by atoms with E-state index in [2.05, 4.69) is 119 Å². The SMILES string of the molecule is CC(C)C1C=Cc2cc(-c3nc(-c4ccc(CCc5ccccc5)c(C(C)(C)C)c4)no3)ccc21. The van der Waals surface area contributed by atoms with Crippen molar-refractivity contribution in [3.8, 4) is 22.8 Å². The van der Waals surface area contributed by atoms with E-state index in [4.69, 9.17) is 9.51 Å². The molecule has 1 aliphatic carbocycles. The number of hydrogen-bond acceptors (Lipinski definition) is 3. The molecule has 35 heavy (non-hydrogen) atoms. The molecule has 5 rings (SSSR count). The maximum atomic E-state index is 5.72. The Bertz CT molecular complexity index is 1360. The van der Waals surface area contributed by atoms with E-state index in [1.807, 2.05) is 0 Å². The first-order valence-corrected chi connectivity index (χ1v) is 12.6. The van der Waals surface area contributed by atoms with Crippen molar-refractivity contribution in [2.45, 2.75) is 58.8 Å². The van der Waals surface area contributed by atoms with Crippen molar-refractivity contribution >= 4 is 6.08 Å². The molecule has 3 nitrogen and oxygen atoms in total. The molecule has 4 aromatic rings. The van der Waals surface area contributed by atoms with Crippen LogP contribution in [0.3, 0.4) is 0 Å². The van der Waals surface area contributed by atoms with Gasteiger partial charge in [0.25, 0.3) is 5.89 Å². The molecule has 3 heteroatoms. The van der Waals surface area contributed by atoms with Gasteiger partial charge in [-0.3, -0.25) is 0 Å². The lowest BCUT2D eigenvalue weighted by Crippen LogP contribution is -2.15. The van der Waals surface area contributed by atoms with Crippen molar-refractivity contribution in [1.29, 1.82) is 0 Å². The molecule has 0 saturated heterocycles. The fraction of sp³-hybridized carbons (Fsp3) is 0.312. The summed E-state index contributed by atoms with van der Waals surface area (Å²) in [4.78, 5) is 4.77. The van der Waals surface area contributed by atoms with Crippen LogP contribution in [-0.2, 0) is 18.3 Å². The van der Waals surface area contributed by atoms with E-state index >= 15 is 0 Å². The van der Waals surface area contributed by atoms with Gasteiger partial charge in [0.2, 0.25) is 5.82 Å². The van der Waals surface area contributed by atoms with Crippen molar-refractivity contribution < 1.29 is 4.52 Å². The molecule has 1 heterocycles. The zero-order valence-electron chi connectivity index (χ0n) is 21.4. The molecule has 0 saturated carbocycles. The second kappa shape index (κ2) is 9.30. The number of fused-ring (bicyclic) bond motifs is 1. The predicted molar refractivity (Wildman–Crippen MR) is 144 cm³/mol. The van der Waals surface area contributed by atoms with Gasteiger partial charge >= 0.3 is 0 Å². The second-order valence-corrected chi connectivity index (χ2v) is 11.0. The lowest BCUT2D eigenvalue weighted by atomic mass is 9.81. The van der Waals surface area contributed by atoms with Gasteiger partial charge in [-0.1, -0.05) is 100 Å². The van der Waals surface area contributed by atoms with E-state index in [1.165, 1.54) is 27.8 Å². The fourth-order valence-corrected chi connectivity index (χ4v) is 5.06. The number of aryl methyl sites for hydroxylation is 2. The molecule has 0 spiro atoms. The first-order chi connectivity index (χ1) is 16.8. The van der Waals surface area contributed by atoms with Crippen molar-refractivity contribution in [1.82, 2.24) is 10.1 Å². The Morgan fingerprint density at radius 2 is 1.66 bits per heavy atom. The number of rotatable bonds is 6. The van der Waals surface area contributed by atoms with Crippen LogP contribution >= 0.6 is 0 Å². The van der Waals surface area contributed by atoms with Gasteiger partial charge in [-0.15, -0.1) is 0 Å². The molecule has 1 unspecified atom stereocenters. The molecule has 0 bridgehead atoms. The molecular weight excluding hydrogens is 428 g/mol. The van der Waals surface area contributed by atoms with Gasteiger partial charge < -0.3 is 4.52 Å². The summed E-state index contributed by atoms with van der Waals surface area (Å²) in [5.74, 6) is 2.26. The highest BCUT2D eigenvalue weighted by molar-refractivity contribution is 5.70. The van der Waals surface area contributed by atoms with Crippen LogP contribution in [-0.4, -0.2) is 10.1 Å². The third-order valence-corrected chi connectivity index (χ3v) is 7.02. The topological polar surface area (TPSA) is 38.9 Å². The Kier molecular flexibility index (Phi) is 6.19. The van der Waals surface area contributed by atoms with E-state index in [0.29, 0.717) is 23.6 Å². The molecule has 1 aromatic heterocycles. The number of nitrogens with zero attached hydrogens (tertiary/aromatic N) is 2. The van der Waals surface area contributed by atoms with Crippen LogP contribution in [0.2, 0.25) is 0 Å². The molecule has 1 atom stereocenters. The van der Waals surface area contributed by atoms with E-state index in [-0.39, 0.29) is 5.41 Å². The second-order valence-electron chi connectivity index (χ2n) is 11.0. The summed E-state index contributed by atoms with van der Waals surface area (Å²) in [5.41, 5.74) is 8.68. The highest BCUT2D eigenvalue weighted by atomic mass is 16.5. The van der Waals surface area contributed by atoms with Gasteiger partial charge in [0.15, 0.2) is 0 Å². The summed E-state index contributed by atoms with van der Waals surface area (Å²) in [6.07, 6.45) is 6.55. The number of allylic oxidation sites excluding steroid dienone is 1. The molecular formula is C32H34N2O. The van der Waals surface area contributed by atoms with Crippen LogP contribution < -0.4 is 0 Å². The first-order valence-electron chi connectivity index (χ1n) is 12.6. The summed E-state index contributed by atoms with van der Waals surface area (Å²) in [7, 11) is 0. The largest absolute Gasteiger partial charge is 0.334 e. The Morgan fingerprint density at radius 3 is 2.40 bits per heavy atom. The minimum absolute atomic E-state index is 0.0217. The lowest BCUT2D eigenvalue weighted by molar-refractivity contribution is 0.432.